The zero-order valence-electron chi connectivity index (χ0n) is 11.7. The third kappa shape index (κ3) is 2.65. The largest absolute Gasteiger partial charge is 0.376 e. The number of aromatic nitrogens is 1. The van der Waals surface area contributed by atoms with Gasteiger partial charge in [0.25, 0.3) is 0 Å². The molecule has 3 rings (SSSR count). The first-order chi connectivity index (χ1) is 10.5. The smallest absolute Gasteiger partial charge is 0.341 e. The highest BCUT2D eigenvalue weighted by Crippen LogP contribution is 2.26. The van der Waals surface area contributed by atoms with Crippen LogP contribution in [0.5, 0.6) is 5.75 Å². The summed E-state index contributed by atoms with van der Waals surface area (Å²) in [5.41, 5.74) is 1.21. The second kappa shape index (κ2) is 5.38. The topological polar surface area (TPSA) is 56.3 Å². The summed E-state index contributed by atoms with van der Waals surface area (Å²) in [5, 5.41) is 0.679. The minimum atomic E-state index is -4.18. The molecule has 0 N–H and O–H groups in total. The third-order valence-electron chi connectivity index (χ3n) is 3.12. The van der Waals surface area contributed by atoms with Crippen molar-refractivity contribution in [1.82, 2.24) is 4.98 Å². The van der Waals surface area contributed by atoms with E-state index in [4.69, 9.17) is 4.18 Å². The molecule has 1 aromatic heterocycles. The molecule has 0 aliphatic rings. The van der Waals surface area contributed by atoms with Crippen LogP contribution in [0.3, 0.4) is 0 Å². The van der Waals surface area contributed by atoms with E-state index in [2.05, 4.69) is 4.98 Å². The zero-order valence-corrected chi connectivity index (χ0v) is 12.5. The minimum Gasteiger partial charge on any atom is -0.376 e. The number of para-hydroxylation sites is 2. The summed E-state index contributed by atoms with van der Waals surface area (Å²) in [4.78, 5) is 4.07. The van der Waals surface area contributed by atoms with Crippen molar-refractivity contribution in [2.75, 3.05) is 0 Å². The van der Waals surface area contributed by atoms with E-state index in [-0.39, 0.29) is 10.6 Å². The van der Waals surface area contributed by atoms with E-state index in [0.717, 1.165) is 11.6 Å². The third-order valence-corrected chi connectivity index (χ3v) is 4.38. The summed E-state index contributed by atoms with van der Waals surface area (Å²) in [6.45, 7) is 1.86. The summed E-state index contributed by atoms with van der Waals surface area (Å²) in [6.07, 6.45) is 1.57. The Balaban J connectivity index is 2.12. The Morgan fingerprint density at radius 1 is 1.09 bits per heavy atom. The molecule has 0 saturated heterocycles. The molecule has 0 aliphatic carbocycles. The van der Waals surface area contributed by atoms with Gasteiger partial charge in [-0.2, -0.15) is 8.42 Å². The standard InChI is InChI=1S/C16H12FNO3S/c1-11-9-12-5-4-8-15(16(12)18-10-11)22(19,20)21-14-7-3-2-6-13(14)17/h2-10H,1H3. The molecule has 6 heteroatoms. The summed E-state index contributed by atoms with van der Waals surface area (Å²) in [6, 6.07) is 11.9. The van der Waals surface area contributed by atoms with E-state index >= 15 is 0 Å². The van der Waals surface area contributed by atoms with Crippen molar-refractivity contribution in [3.8, 4) is 5.75 Å². The highest BCUT2D eigenvalue weighted by atomic mass is 32.2. The van der Waals surface area contributed by atoms with Crippen LogP contribution in [-0.2, 0) is 10.1 Å². The van der Waals surface area contributed by atoms with E-state index in [1.54, 1.807) is 18.3 Å². The van der Waals surface area contributed by atoms with Crippen molar-refractivity contribution in [2.24, 2.45) is 0 Å². The van der Waals surface area contributed by atoms with Gasteiger partial charge in [0.05, 0.1) is 5.52 Å². The molecule has 4 nitrogen and oxygen atoms in total. The lowest BCUT2D eigenvalue weighted by molar-refractivity contribution is 0.462. The number of benzene rings is 2. The molecule has 22 heavy (non-hydrogen) atoms. The minimum absolute atomic E-state index is 0.0896. The number of rotatable bonds is 3. The van der Waals surface area contributed by atoms with Crippen LogP contribution in [-0.4, -0.2) is 13.4 Å². The number of nitrogens with zero attached hydrogens (tertiary/aromatic N) is 1. The Labute approximate surface area is 127 Å². The summed E-state index contributed by atoms with van der Waals surface area (Å²) < 4.78 is 43.4. The van der Waals surface area contributed by atoms with Gasteiger partial charge in [-0.1, -0.05) is 24.3 Å². The summed E-state index contributed by atoms with van der Waals surface area (Å²) in [5.74, 6) is -1.08. The van der Waals surface area contributed by atoms with Crippen molar-refractivity contribution in [3.05, 3.63) is 66.1 Å². The Bertz CT molecular complexity index is 955. The van der Waals surface area contributed by atoms with E-state index in [1.165, 1.54) is 24.3 Å². The molecule has 2 aromatic carbocycles. The first-order valence-corrected chi connectivity index (χ1v) is 7.92. The second-order valence-electron chi connectivity index (χ2n) is 4.81. The van der Waals surface area contributed by atoms with Crippen molar-refractivity contribution in [3.63, 3.8) is 0 Å². The molecule has 0 fully saturated rings. The maximum Gasteiger partial charge on any atom is 0.341 e. The van der Waals surface area contributed by atoms with Crippen molar-refractivity contribution in [1.29, 1.82) is 0 Å². The van der Waals surface area contributed by atoms with Gasteiger partial charge in [0.15, 0.2) is 11.6 Å². The Morgan fingerprint density at radius 3 is 2.64 bits per heavy atom. The quantitative estimate of drug-likeness (QED) is 0.694. The molecular formula is C16H12FNO3S. The molecule has 0 bridgehead atoms. The Morgan fingerprint density at radius 2 is 1.86 bits per heavy atom. The van der Waals surface area contributed by atoms with Crippen LogP contribution in [0.2, 0.25) is 0 Å². The van der Waals surface area contributed by atoms with Gasteiger partial charge in [0, 0.05) is 11.6 Å². The van der Waals surface area contributed by atoms with Gasteiger partial charge in [-0.3, -0.25) is 4.98 Å². The van der Waals surface area contributed by atoms with Crippen molar-refractivity contribution >= 4 is 21.0 Å². The van der Waals surface area contributed by atoms with E-state index < -0.39 is 15.9 Å². The number of pyridine rings is 1. The molecule has 0 spiro atoms. The fraction of sp³-hybridized carbons (Fsp3) is 0.0625. The summed E-state index contributed by atoms with van der Waals surface area (Å²) in [7, 11) is -4.18. The van der Waals surface area contributed by atoms with Gasteiger partial charge in [-0.25, -0.2) is 4.39 Å². The van der Waals surface area contributed by atoms with Crippen LogP contribution in [0.25, 0.3) is 10.9 Å². The molecule has 3 aromatic rings. The fourth-order valence-corrected chi connectivity index (χ4v) is 3.23. The molecule has 0 amide bonds. The monoisotopic (exact) mass is 317 g/mol. The molecule has 0 unspecified atom stereocenters. The number of aryl methyl sites for hydroxylation is 1. The molecule has 0 atom stereocenters. The number of hydrogen-bond donors (Lipinski definition) is 0. The molecule has 1 heterocycles. The predicted molar refractivity (Wildman–Crippen MR) is 80.7 cm³/mol. The van der Waals surface area contributed by atoms with Gasteiger partial charge in [-0.05, 0) is 36.8 Å². The predicted octanol–water partition coefficient (Wildman–Crippen LogP) is 3.45. The maximum atomic E-state index is 13.6. The van der Waals surface area contributed by atoms with Crippen LogP contribution in [0.4, 0.5) is 4.39 Å². The lowest BCUT2D eigenvalue weighted by Gasteiger charge is -2.09. The van der Waals surface area contributed by atoms with Crippen LogP contribution in [0.15, 0.2) is 59.6 Å². The van der Waals surface area contributed by atoms with Gasteiger partial charge in [0.2, 0.25) is 0 Å². The molecule has 0 radical (unpaired) electrons. The SMILES string of the molecule is Cc1cnc2c(S(=O)(=O)Oc3ccccc3F)cccc2c1. The van der Waals surface area contributed by atoms with E-state index in [9.17, 15) is 12.8 Å². The lowest BCUT2D eigenvalue weighted by Crippen LogP contribution is -2.11. The highest BCUT2D eigenvalue weighted by molar-refractivity contribution is 7.87. The number of halogens is 1. The molecule has 0 saturated carbocycles. The first kappa shape index (κ1) is 14.5. The van der Waals surface area contributed by atoms with Gasteiger partial charge in [-0.15, -0.1) is 0 Å². The van der Waals surface area contributed by atoms with Gasteiger partial charge in [0.1, 0.15) is 4.90 Å². The maximum absolute atomic E-state index is 13.6. The van der Waals surface area contributed by atoms with E-state index in [0.29, 0.717) is 10.9 Å². The van der Waals surface area contributed by atoms with Crippen LogP contribution >= 0.6 is 0 Å². The van der Waals surface area contributed by atoms with Gasteiger partial charge >= 0.3 is 10.1 Å². The van der Waals surface area contributed by atoms with E-state index in [1.807, 2.05) is 13.0 Å². The van der Waals surface area contributed by atoms with Crippen molar-refractivity contribution < 1.29 is 17.0 Å². The average molecular weight is 317 g/mol. The number of fused-ring (bicyclic) bond motifs is 1. The average Bonchev–Trinajstić information content (AvgIpc) is 2.48. The second-order valence-corrected chi connectivity index (χ2v) is 6.32. The number of hydrogen-bond acceptors (Lipinski definition) is 4. The molecule has 112 valence electrons. The van der Waals surface area contributed by atoms with Crippen LogP contribution in [0.1, 0.15) is 5.56 Å². The van der Waals surface area contributed by atoms with Gasteiger partial charge < -0.3 is 4.18 Å². The normalized spacial score (nSPS) is 11.5. The van der Waals surface area contributed by atoms with Crippen molar-refractivity contribution in [2.45, 2.75) is 11.8 Å². The lowest BCUT2D eigenvalue weighted by atomic mass is 10.2. The van der Waals surface area contributed by atoms with Crippen LogP contribution < -0.4 is 4.18 Å². The fourth-order valence-electron chi connectivity index (χ4n) is 2.12. The highest BCUT2D eigenvalue weighted by Gasteiger charge is 2.22. The Kier molecular flexibility index (Phi) is 3.54. The zero-order chi connectivity index (χ0) is 15.7. The summed E-state index contributed by atoms with van der Waals surface area (Å²) >= 11 is 0. The molecule has 0 aliphatic heterocycles. The molecular weight excluding hydrogens is 305 g/mol. The Hall–Kier alpha value is -2.47. The van der Waals surface area contributed by atoms with Crippen LogP contribution in [0, 0.1) is 12.7 Å². The first-order valence-electron chi connectivity index (χ1n) is 6.52.